The van der Waals surface area contributed by atoms with E-state index in [1.54, 1.807) is 37.1 Å². The third kappa shape index (κ3) is 6.04. The summed E-state index contributed by atoms with van der Waals surface area (Å²) in [6.07, 6.45) is 1.80. The molecule has 2 rings (SSSR count). The summed E-state index contributed by atoms with van der Waals surface area (Å²) in [5.74, 6) is 0.732. The highest BCUT2D eigenvalue weighted by molar-refractivity contribution is 5.79. The highest BCUT2D eigenvalue weighted by Gasteiger charge is 2.16. The number of hydrogen-bond acceptors (Lipinski definition) is 3. The topological polar surface area (TPSA) is 67.7 Å². The molecule has 0 saturated carbocycles. The smallest absolute Gasteiger partial charge is 0.250 e. The van der Waals surface area contributed by atoms with Crippen molar-refractivity contribution in [2.24, 2.45) is 4.99 Å². The molecular formula is C20H28N4O2. The molecule has 2 aromatic rings. The molecule has 0 amide bonds. The first-order chi connectivity index (χ1) is 12.4. The lowest BCUT2D eigenvalue weighted by Gasteiger charge is -2.24. The van der Waals surface area contributed by atoms with Gasteiger partial charge in [0.15, 0.2) is 5.96 Å². The first-order valence-corrected chi connectivity index (χ1v) is 8.66. The number of aromatic nitrogens is 1. The number of benzene rings is 1. The van der Waals surface area contributed by atoms with Gasteiger partial charge in [-0.15, -0.1) is 0 Å². The zero-order valence-electron chi connectivity index (χ0n) is 16.0. The van der Waals surface area contributed by atoms with E-state index in [1.165, 1.54) is 0 Å². The number of guanidine groups is 1. The molecule has 0 atom stereocenters. The van der Waals surface area contributed by atoms with Crippen molar-refractivity contribution in [1.29, 1.82) is 0 Å². The maximum atomic E-state index is 11.8. The predicted molar refractivity (Wildman–Crippen MR) is 106 cm³/mol. The minimum atomic E-state index is -0.255. The summed E-state index contributed by atoms with van der Waals surface area (Å²) in [6, 6.07) is 13.4. The molecule has 0 unspecified atom stereocenters. The minimum Gasteiger partial charge on any atom is -0.377 e. The maximum Gasteiger partial charge on any atom is 0.250 e. The number of aliphatic imine (C=N–C) groups is 1. The van der Waals surface area contributed by atoms with Gasteiger partial charge in [0.05, 0.1) is 12.1 Å². The summed E-state index contributed by atoms with van der Waals surface area (Å²) in [4.78, 5) is 16.0. The Morgan fingerprint density at radius 1 is 1.12 bits per heavy atom. The van der Waals surface area contributed by atoms with Crippen LogP contribution in [0.4, 0.5) is 0 Å². The number of nitrogens with one attached hydrogen (secondary N) is 2. The lowest BCUT2D eigenvalue weighted by atomic mass is 10.1. The van der Waals surface area contributed by atoms with Crippen molar-refractivity contribution in [2.45, 2.75) is 32.5 Å². The van der Waals surface area contributed by atoms with Gasteiger partial charge < -0.3 is 19.9 Å². The first-order valence-electron chi connectivity index (χ1n) is 8.66. The number of methoxy groups -OCH3 is 1. The maximum absolute atomic E-state index is 11.8. The Bertz CT molecular complexity index is 779. The number of hydrogen-bond donors (Lipinski definition) is 2. The van der Waals surface area contributed by atoms with E-state index in [-0.39, 0.29) is 11.2 Å². The molecule has 6 heteroatoms. The Hall–Kier alpha value is -2.60. The molecule has 0 bridgehead atoms. The van der Waals surface area contributed by atoms with E-state index in [9.17, 15) is 4.79 Å². The summed E-state index contributed by atoms with van der Waals surface area (Å²) in [6.45, 7) is 5.93. The predicted octanol–water partition coefficient (Wildman–Crippen LogP) is 1.99. The van der Waals surface area contributed by atoms with Crippen LogP contribution in [0.15, 0.2) is 58.4 Å². The zero-order valence-corrected chi connectivity index (χ0v) is 16.0. The molecule has 0 fully saturated rings. The van der Waals surface area contributed by atoms with Gasteiger partial charge in [-0.2, -0.15) is 0 Å². The fraction of sp³-hybridized carbons (Fsp3) is 0.400. The van der Waals surface area contributed by atoms with Crippen molar-refractivity contribution < 1.29 is 4.74 Å². The van der Waals surface area contributed by atoms with Crippen molar-refractivity contribution >= 4 is 5.96 Å². The third-order valence-corrected chi connectivity index (χ3v) is 4.19. The SMILES string of the molecule is CN=C(NCc1ccc(Cn2ccccc2=O)cc1)NCC(C)(C)OC. The van der Waals surface area contributed by atoms with Gasteiger partial charge in [-0.25, -0.2) is 0 Å². The molecule has 0 aliphatic rings. The number of ether oxygens (including phenoxy) is 1. The van der Waals surface area contributed by atoms with Gasteiger partial charge in [-0.3, -0.25) is 9.79 Å². The second-order valence-electron chi connectivity index (χ2n) is 6.73. The Labute approximate surface area is 154 Å². The molecule has 1 heterocycles. The van der Waals surface area contributed by atoms with Gasteiger partial charge in [0.1, 0.15) is 0 Å². The third-order valence-electron chi connectivity index (χ3n) is 4.19. The monoisotopic (exact) mass is 356 g/mol. The van der Waals surface area contributed by atoms with Gasteiger partial charge in [-0.1, -0.05) is 30.3 Å². The molecular weight excluding hydrogens is 328 g/mol. The summed E-state index contributed by atoms with van der Waals surface area (Å²) in [7, 11) is 3.44. The standard InChI is InChI=1S/C20H28N4O2/c1-20(2,26-4)15-23-19(21-3)22-13-16-8-10-17(11-9-16)14-24-12-6-5-7-18(24)25/h5-12H,13-15H2,1-4H3,(H2,21,22,23). The summed E-state index contributed by atoms with van der Waals surface area (Å²) in [5.41, 5.74) is 1.98. The Balaban J connectivity index is 1.88. The van der Waals surface area contributed by atoms with Crippen LogP contribution in [0.1, 0.15) is 25.0 Å². The van der Waals surface area contributed by atoms with Crippen LogP contribution in [0, 0.1) is 0 Å². The van der Waals surface area contributed by atoms with Crippen molar-refractivity contribution in [2.75, 3.05) is 20.7 Å². The van der Waals surface area contributed by atoms with E-state index in [2.05, 4.69) is 27.8 Å². The molecule has 2 N–H and O–H groups in total. The zero-order chi connectivity index (χ0) is 19.0. The molecule has 1 aromatic carbocycles. The number of pyridine rings is 1. The molecule has 0 aliphatic carbocycles. The van der Waals surface area contributed by atoms with E-state index in [4.69, 9.17) is 4.74 Å². The molecule has 26 heavy (non-hydrogen) atoms. The van der Waals surface area contributed by atoms with E-state index in [0.717, 1.165) is 17.1 Å². The van der Waals surface area contributed by atoms with Crippen LogP contribution in [0.25, 0.3) is 0 Å². The summed E-state index contributed by atoms with van der Waals surface area (Å²) < 4.78 is 7.09. The van der Waals surface area contributed by atoms with E-state index in [1.807, 2.05) is 32.0 Å². The second kappa shape index (κ2) is 9.20. The lowest BCUT2D eigenvalue weighted by Crippen LogP contribution is -2.45. The van der Waals surface area contributed by atoms with Crippen LogP contribution in [0.5, 0.6) is 0 Å². The van der Waals surface area contributed by atoms with Gasteiger partial charge in [0, 0.05) is 39.5 Å². The minimum absolute atomic E-state index is 0.00657. The normalized spacial score (nSPS) is 12.1. The van der Waals surface area contributed by atoms with Crippen molar-refractivity contribution in [3.05, 3.63) is 70.1 Å². The van der Waals surface area contributed by atoms with Crippen molar-refractivity contribution in [3.63, 3.8) is 0 Å². The van der Waals surface area contributed by atoms with E-state index >= 15 is 0 Å². The van der Waals surface area contributed by atoms with Crippen LogP contribution >= 0.6 is 0 Å². The van der Waals surface area contributed by atoms with Gasteiger partial charge >= 0.3 is 0 Å². The molecule has 0 spiro atoms. The van der Waals surface area contributed by atoms with E-state index in [0.29, 0.717) is 19.6 Å². The molecule has 6 nitrogen and oxygen atoms in total. The molecule has 0 aliphatic heterocycles. The van der Waals surface area contributed by atoms with Crippen LogP contribution in [0.2, 0.25) is 0 Å². The first kappa shape index (κ1) is 19.7. The molecule has 0 radical (unpaired) electrons. The van der Waals surface area contributed by atoms with Gasteiger partial charge in [-0.05, 0) is 31.0 Å². The van der Waals surface area contributed by atoms with Crippen LogP contribution in [-0.2, 0) is 17.8 Å². The van der Waals surface area contributed by atoms with Crippen LogP contribution < -0.4 is 16.2 Å². The molecule has 140 valence electrons. The lowest BCUT2D eigenvalue weighted by molar-refractivity contribution is 0.0268. The van der Waals surface area contributed by atoms with Crippen LogP contribution in [0.3, 0.4) is 0 Å². The largest absolute Gasteiger partial charge is 0.377 e. The molecule has 1 aromatic heterocycles. The summed E-state index contributed by atoms with van der Waals surface area (Å²) in [5, 5.41) is 6.55. The highest BCUT2D eigenvalue weighted by atomic mass is 16.5. The Morgan fingerprint density at radius 3 is 2.42 bits per heavy atom. The van der Waals surface area contributed by atoms with Gasteiger partial charge in [0.2, 0.25) is 0 Å². The number of nitrogens with zero attached hydrogens (tertiary/aromatic N) is 2. The molecule has 0 saturated heterocycles. The highest BCUT2D eigenvalue weighted by Crippen LogP contribution is 2.06. The number of rotatable bonds is 7. The quantitative estimate of drug-likeness (QED) is 0.588. The summed E-state index contributed by atoms with van der Waals surface area (Å²) >= 11 is 0. The average molecular weight is 356 g/mol. The van der Waals surface area contributed by atoms with Crippen molar-refractivity contribution in [3.8, 4) is 0 Å². The van der Waals surface area contributed by atoms with E-state index < -0.39 is 0 Å². The fourth-order valence-corrected chi connectivity index (χ4v) is 2.33. The second-order valence-corrected chi connectivity index (χ2v) is 6.73. The Kier molecular flexibility index (Phi) is 6.97. The fourth-order valence-electron chi connectivity index (χ4n) is 2.33. The van der Waals surface area contributed by atoms with Crippen LogP contribution in [-0.4, -0.2) is 36.8 Å². The Morgan fingerprint density at radius 2 is 1.81 bits per heavy atom. The van der Waals surface area contributed by atoms with Gasteiger partial charge in [0.25, 0.3) is 5.56 Å². The van der Waals surface area contributed by atoms with Crippen molar-refractivity contribution in [1.82, 2.24) is 15.2 Å². The average Bonchev–Trinajstić information content (AvgIpc) is 2.65.